The molecule has 2 aromatic rings. The molecule has 0 aliphatic carbocycles. The van der Waals surface area contributed by atoms with Crippen LogP contribution in [0.15, 0.2) is 42.6 Å². The summed E-state index contributed by atoms with van der Waals surface area (Å²) < 4.78 is 10.7. The minimum absolute atomic E-state index is 0.137. The van der Waals surface area contributed by atoms with Crippen LogP contribution in [0.4, 0.5) is 0 Å². The molecule has 1 saturated heterocycles. The SMILES string of the molecule is CCOc1ccc(C(=O)NCc2ccccc2CN2CCOCC2)cn1. The molecule has 1 aliphatic heterocycles. The van der Waals surface area contributed by atoms with Gasteiger partial charge in [0.2, 0.25) is 5.88 Å². The molecular weight excluding hydrogens is 330 g/mol. The summed E-state index contributed by atoms with van der Waals surface area (Å²) in [7, 11) is 0. The van der Waals surface area contributed by atoms with Crippen molar-refractivity contribution in [2.24, 2.45) is 0 Å². The number of hydrogen-bond donors (Lipinski definition) is 1. The molecule has 6 nitrogen and oxygen atoms in total. The van der Waals surface area contributed by atoms with Crippen molar-refractivity contribution in [2.75, 3.05) is 32.9 Å². The van der Waals surface area contributed by atoms with Gasteiger partial charge in [-0.15, -0.1) is 0 Å². The van der Waals surface area contributed by atoms with E-state index in [1.165, 1.54) is 5.56 Å². The van der Waals surface area contributed by atoms with E-state index in [2.05, 4.69) is 27.3 Å². The van der Waals surface area contributed by atoms with E-state index in [1.54, 1.807) is 18.3 Å². The molecule has 2 heterocycles. The molecule has 1 fully saturated rings. The molecule has 0 atom stereocenters. The molecule has 0 radical (unpaired) electrons. The molecule has 138 valence electrons. The van der Waals surface area contributed by atoms with Crippen molar-refractivity contribution in [3.05, 3.63) is 59.3 Å². The first kappa shape index (κ1) is 18.4. The highest BCUT2D eigenvalue weighted by Gasteiger charge is 2.13. The number of hydrogen-bond acceptors (Lipinski definition) is 5. The molecule has 0 bridgehead atoms. The normalized spacial score (nSPS) is 14.8. The predicted octanol–water partition coefficient (Wildman–Crippen LogP) is 2.24. The lowest BCUT2D eigenvalue weighted by atomic mass is 10.1. The van der Waals surface area contributed by atoms with Crippen molar-refractivity contribution in [1.82, 2.24) is 15.2 Å². The second kappa shape index (κ2) is 9.31. The summed E-state index contributed by atoms with van der Waals surface area (Å²) >= 11 is 0. The Morgan fingerprint density at radius 1 is 1.19 bits per heavy atom. The van der Waals surface area contributed by atoms with Gasteiger partial charge in [0.15, 0.2) is 0 Å². The Hall–Kier alpha value is -2.44. The molecule has 1 amide bonds. The smallest absolute Gasteiger partial charge is 0.253 e. The number of nitrogens with one attached hydrogen (secondary N) is 1. The van der Waals surface area contributed by atoms with Crippen LogP contribution in [-0.4, -0.2) is 48.7 Å². The summed E-state index contributed by atoms with van der Waals surface area (Å²) in [5.41, 5.74) is 2.89. The Balaban J connectivity index is 1.59. The molecule has 1 aliphatic rings. The molecule has 3 rings (SSSR count). The van der Waals surface area contributed by atoms with Gasteiger partial charge in [0.25, 0.3) is 5.91 Å². The molecule has 1 aromatic carbocycles. The van der Waals surface area contributed by atoms with Crippen molar-refractivity contribution in [3.63, 3.8) is 0 Å². The van der Waals surface area contributed by atoms with Gasteiger partial charge in [-0.3, -0.25) is 9.69 Å². The number of carbonyl (C=O) groups excluding carboxylic acids is 1. The minimum Gasteiger partial charge on any atom is -0.478 e. The Morgan fingerprint density at radius 3 is 2.65 bits per heavy atom. The molecular formula is C20H25N3O3. The quantitative estimate of drug-likeness (QED) is 0.825. The van der Waals surface area contributed by atoms with Gasteiger partial charge >= 0.3 is 0 Å². The van der Waals surface area contributed by atoms with E-state index in [4.69, 9.17) is 9.47 Å². The number of amides is 1. The minimum atomic E-state index is -0.137. The van der Waals surface area contributed by atoms with Crippen LogP contribution < -0.4 is 10.1 Å². The van der Waals surface area contributed by atoms with E-state index in [-0.39, 0.29) is 5.91 Å². The summed E-state index contributed by atoms with van der Waals surface area (Å²) in [6.45, 7) is 7.27. The van der Waals surface area contributed by atoms with Gasteiger partial charge in [-0.2, -0.15) is 0 Å². The van der Waals surface area contributed by atoms with Gasteiger partial charge in [0.05, 0.1) is 25.4 Å². The maximum atomic E-state index is 12.4. The maximum Gasteiger partial charge on any atom is 0.253 e. The third kappa shape index (κ3) is 5.03. The van der Waals surface area contributed by atoms with Gasteiger partial charge in [-0.1, -0.05) is 24.3 Å². The fourth-order valence-electron chi connectivity index (χ4n) is 2.91. The second-order valence-electron chi connectivity index (χ2n) is 6.16. The van der Waals surface area contributed by atoms with Crippen LogP contribution in [0.1, 0.15) is 28.4 Å². The number of rotatable bonds is 7. The molecule has 1 N–H and O–H groups in total. The highest BCUT2D eigenvalue weighted by atomic mass is 16.5. The monoisotopic (exact) mass is 355 g/mol. The van der Waals surface area contributed by atoms with Gasteiger partial charge in [0, 0.05) is 38.4 Å². The standard InChI is InChI=1S/C20H25N3O3/c1-2-26-19-8-7-17(14-21-19)20(24)22-13-16-5-3-4-6-18(16)15-23-9-11-25-12-10-23/h3-8,14H,2,9-13,15H2,1H3,(H,22,24). The summed E-state index contributed by atoms with van der Waals surface area (Å²) in [5.74, 6) is 0.390. The maximum absolute atomic E-state index is 12.4. The lowest BCUT2D eigenvalue weighted by Gasteiger charge is -2.27. The van der Waals surface area contributed by atoms with Crippen LogP contribution >= 0.6 is 0 Å². The van der Waals surface area contributed by atoms with Crippen molar-refractivity contribution in [1.29, 1.82) is 0 Å². The van der Waals surface area contributed by atoms with Crippen molar-refractivity contribution in [2.45, 2.75) is 20.0 Å². The highest BCUT2D eigenvalue weighted by Crippen LogP contribution is 2.13. The van der Waals surface area contributed by atoms with Crippen molar-refractivity contribution in [3.8, 4) is 5.88 Å². The van der Waals surface area contributed by atoms with Gasteiger partial charge in [0.1, 0.15) is 0 Å². The second-order valence-corrected chi connectivity index (χ2v) is 6.16. The zero-order valence-electron chi connectivity index (χ0n) is 15.1. The third-order valence-electron chi connectivity index (χ3n) is 4.35. The van der Waals surface area contributed by atoms with Crippen LogP contribution in [0, 0.1) is 0 Å². The summed E-state index contributed by atoms with van der Waals surface area (Å²) in [4.78, 5) is 18.9. The largest absolute Gasteiger partial charge is 0.478 e. The van der Waals surface area contributed by atoms with Gasteiger partial charge in [-0.05, 0) is 24.1 Å². The summed E-state index contributed by atoms with van der Waals surface area (Å²) in [5, 5.41) is 2.98. The Labute approximate surface area is 154 Å². The van der Waals surface area contributed by atoms with E-state index in [0.717, 1.165) is 38.4 Å². The molecule has 26 heavy (non-hydrogen) atoms. The van der Waals surface area contributed by atoms with Crippen LogP contribution in [0.3, 0.4) is 0 Å². The fraction of sp³-hybridized carbons (Fsp3) is 0.400. The van der Waals surface area contributed by atoms with Crippen LogP contribution in [-0.2, 0) is 17.8 Å². The number of aromatic nitrogens is 1. The van der Waals surface area contributed by atoms with E-state index in [1.807, 2.05) is 19.1 Å². The van der Waals surface area contributed by atoms with Crippen LogP contribution in [0.25, 0.3) is 0 Å². The van der Waals surface area contributed by atoms with E-state index in [9.17, 15) is 4.79 Å². The molecule has 1 aromatic heterocycles. The molecule has 0 saturated carbocycles. The van der Waals surface area contributed by atoms with Crippen LogP contribution in [0.2, 0.25) is 0 Å². The van der Waals surface area contributed by atoms with Gasteiger partial charge < -0.3 is 14.8 Å². The zero-order chi connectivity index (χ0) is 18.2. The molecule has 0 unspecified atom stereocenters. The first-order chi connectivity index (χ1) is 12.8. The van der Waals surface area contributed by atoms with E-state index < -0.39 is 0 Å². The van der Waals surface area contributed by atoms with E-state index in [0.29, 0.717) is 24.6 Å². The first-order valence-corrected chi connectivity index (χ1v) is 9.00. The Morgan fingerprint density at radius 2 is 1.96 bits per heavy atom. The third-order valence-corrected chi connectivity index (χ3v) is 4.35. The molecule has 0 spiro atoms. The summed E-state index contributed by atoms with van der Waals surface area (Å²) in [6.07, 6.45) is 1.54. The van der Waals surface area contributed by atoms with Gasteiger partial charge in [-0.25, -0.2) is 4.98 Å². The fourth-order valence-corrected chi connectivity index (χ4v) is 2.91. The van der Waals surface area contributed by atoms with E-state index >= 15 is 0 Å². The number of nitrogens with zero attached hydrogens (tertiary/aromatic N) is 2. The molecule has 6 heteroatoms. The zero-order valence-corrected chi connectivity index (χ0v) is 15.1. The predicted molar refractivity (Wildman–Crippen MR) is 99.1 cm³/mol. The van der Waals surface area contributed by atoms with Crippen molar-refractivity contribution >= 4 is 5.91 Å². The lowest BCUT2D eigenvalue weighted by Crippen LogP contribution is -2.36. The highest BCUT2D eigenvalue weighted by molar-refractivity contribution is 5.93. The average Bonchev–Trinajstić information content (AvgIpc) is 2.69. The number of morpholine rings is 1. The lowest BCUT2D eigenvalue weighted by molar-refractivity contribution is 0.0340. The Kier molecular flexibility index (Phi) is 6.57. The average molecular weight is 355 g/mol. The van der Waals surface area contributed by atoms with Crippen molar-refractivity contribution < 1.29 is 14.3 Å². The summed E-state index contributed by atoms with van der Waals surface area (Å²) in [6, 6.07) is 11.7. The first-order valence-electron chi connectivity index (χ1n) is 9.00. The number of benzene rings is 1. The number of pyridine rings is 1. The topological polar surface area (TPSA) is 63.7 Å². The number of ether oxygens (including phenoxy) is 2. The Bertz CT molecular complexity index is 712. The van der Waals surface area contributed by atoms with Crippen LogP contribution in [0.5, 0.6) is 5.88 Å². The number of carbonyl (C=O) groups is 1.